The van der Waals surface area contributed by atoms with Crippen LogP contribution in [0.25, 0.3) is 0 Å². The quantitative estimate of drug-likeness (QED) is 0.626. The topological polar surface area (TPSA) is 78.9 Å². The van der Waals surface area contributed by atoms with Crippen LogP contribution in [-0.2, 0) is 6.42 Å². The maximum atomic E-state index is 7.57. The van der Waals surface area contributed by atoms with Crippen LogP contribution in [0.3, 0.4) is 0 Å². The molecule has 2 aromatic rings. The number of nitrogens with one attached hydrogen (secondary N) is 1. The van der Waals surface area contributed by atoms with Crippen molar-refractivity contribution in [3.05, 3.63) is 54.0 Å². The molecule has 5 nitrogen and oxygen atoms in total. The van der Waals surface area contributed by atoms with Crippen molar-refractivity contribution in [2.24, 2.45) is 5.73 Å². The zero-order valence-electron chi connectivity index (χ0n) is 10.9. The van der Waals surface area contributed by atoms with Gasteiger partial charge < -0.3 is 10.6 Å². The number of pyridine rings is 2. The van der Waals surface area contributed by atoms with E-state index in [-0.39, 0.29) is 5.84 Å². The summed E-state index contributed by atoms with van der Waals surface area (Å²) in [4.78, 5) is 10.3. The van der Waals surface area contributed by atoms with E-state index in [9.17, 15) is 0 Å². The molecule has 0 fully saturated rings. The lowest BCUT2D eigenvalue weighted by atomic mass is 10.2. The molecular formula is C14H17N5. The Kier molecular flexibility index (Phi) is 4.07. The van der Waals surface area contributed by atoms with Crippen LogP contribution in [-0.4, -0.2) is 29.4 Å². The highest BCUT2D eigenvalue weighted by atomic mass is 15.2. The summed E-state index contributed by atoms with van der Waals surface area (Å²) < 4.78 is 0. The number of hydrogen-bond donors (Lipinski definition) is 2. The average Bonchev–Trinajstić information content (AvgIpc) is 2.46. The summed E-state index contributed by atoms with van der Waals surface area (Å²) in [7, 11) is 1.95. The number of nitrogen functional groups attached to an aromatic ring is 1. The Bertz CT molecular complexity index is 553. The number of nitrogens with zero attached hydrogens (tertiary/aromatic N) is 3. The number of amidine groups is 1. The van der Waals surface area contributed by atoms with Crippen molar-refractivity contribution in [3.63, 3.8) is 0 Å². The van der Waals surface area contributed by atoms with Crippen molar-refractivity contribution in [1.29, 1.82) is 5.41 Å². The molecular weight excluding hydrogens is 238 g/mol. The minimum atomic E-state index is 0.0406. The molecule has 0 aliphatic rings. The number of rotatable bonds is 5. The van der Waals surface area contributed by atoms with Gasteiger partial charge in [-0.05, 0) is 36.2 Å². The first-order valence-corrected chi connectivity index (χ1v) is 6.08. The molecule has 5 heteroatoms. The summed E-state index contributed by atoms with van der Waals surface area (Å²) in [6.45, 7) is 0.807. The van der Waals surface area contributed by atoms with Crippen molar-refractivity contribution in [2.45, 2.75) is 6.42 Å². The van der Waals surface area contributed by atoms with Gasteiger partial charge in [0.05, 0.1) is 5.56 Å². The molecule has 3 N–H and O–H groups in total. The second kappa shape index (κ2) is 5.95. The van der Waals surface area contributed by atoms with Crippen LogP contribution in [0.5, 0.6) is 0 Å². The van der Waals surface area contributed by atoms with Crippen LogP contribution in [0.2, 0.25) is 0 Å². The second-order valence-corrected chi connectivity index (χ2v) is 4.32. The Balaban J connectivity index is 2.08. The fourth-order valence-electron chi connectivity index (χ4n) is 1.86. The van der Waals surface area contributed by atoms with E-state index in [4.69, 9.17) is 11.1 Å². The fourth-order valence-corrected chi connectivity index (χ4v) is 1.86. The van der Waals surface area contributed by atoms with Gasteiger partial charge in [0.1, 0.15) is 11.7 Å². The van der Waals surface area contributed by atoms with E-state index < -0.39 is 0 Å². The Hall–Kier alpha value is -2.43. The first-order valence-electron chi connectivity index (χ1n) is 6.08. The molecule has 0 amide bonds. The van der Waals surface area contributed by atoms with Gasteiger partial charge in [-0.2, -0.15) is 0 Å². The molecule has 0 saturated carbocycles. The van der Waals surface area contributed by atoms with Crippen molar-refractivity contribution < 1.29 is 0 Å². The van der Waals surface area contributed by atoms with Gasteiger partial charge in [0.2, 0.25) is 0 Å². The molecule has 0 bridgehead atoms. The van der Waals surface area contributed by atoms with Crippen LogP contribution in [0.15, 0.2) is 42.9 Å². The van der Waals surface area contributed by atoms with E-state index in [0.717, 1.165) is 18.8 Å². The molecule has 0 atom stereocenters. The zero-order valence-corrected chi connectivity index (χ0v) is 10.9. The molecule has 0 spiro atoms. The number of likely N-dealkylation sites (N-methyl/N-ethyl adjacent to an activating group) is 1. The molecule has 19 heavy (non-hydrogen) atoms. The number of aromatic nitrogens is 2. The average molecular weight is 255 g/mol. The minimum absolute atomic E-state index is 0.0406. The monoisotopic (exact) mass is 255 g/mol. The Labute approximate surface area is 112 Å². The van der Waals surface area contributed by atoms with Crippen molar-refractivity contribution in [3.8, 4) is 0 Å². The van der Waals surface area contributed by atoms with Gasteiger partial charge in [-0.3, -0.25) is 10.4 Å². The predicted octanol–water partition coefficient (Wildman–Crippen LogP) is 1.44. The predicted molar refractivity (Wildman–Crippen MR) is 76.5 cm³/mol. The van der Waals surface area contributed by atoms with Crippen LogP contribution in [0.4, 0.5) is 5.82 Å². The van der Waals surface area contributed by atoms with Gasteiger partial charge in [0.25, 0.3) is 0 Å². The van der Waals surface area contributed by atoms with E-state index in [2.05, 4.69) is 9.97 Å². The third-order valence-corrected chi connectivity index (χ3v) is 2.92. The highest BCUT2D eigenvalue weighted by molar-refractivity contribution is 5.99. The molecule has 98 valence electrons. The highest BCUT2D eigenvalue weighted by Gasteiger charge is 2.10. The highest BCUT2D eigenvalue weighted by Crippen LogP contribution is 2.15. The Morgan fingerprint density at radius 2 is 2.00 bits per heavy atom. The van der Waals surface area contributed by atoms with Gasteiger partial charge in [-0.15, -0.1) is 0 Å². The summed E-state index contributed by atoms with van der Waals surface area (Å²) >= 11 is 0. The lowest BCUT2D eigenvalue weighted by Crippen LogP contribution is -2.25. The van der Waals surface area contributed by atoms with Crippen molar-refractivity contribution >= 4 is 11.7 Å². The van der Waals surface area contributed by atoms with Crippen LogP contribution in [0, 0.1) is 5.41 Å². The fraction of sp³-hybridized carbons (Fsp3) is 0.214. The third kappa shape index (κ3) is 3.28. The molecule has 2 aromatic heterocycles. The summed E-state index contributed by atoms with van der Waals surface area (Å²) in [5.41, 5.74) is 7.46. The smallest absolute Gasteiger partial charge is 0.139 e. The maximum Gasteiger partial charge on any atom is 0.139 e. The van der Waals surface area contributed by atoms with Crippen LogP contribution >= 0.6 is 0 Å². The van der Waals surface area contributed by atoms with Gasteiger partial charge in [0.15, 0.2) is 0 Å². The number of hydrogen-bond acceptors (Lipinski definition) is 4. The second-order valence-electron chi connectivity index (χ2n) is 4.32. The van der Waals surface area contributed by atoms with Gasteiger partial charge in [0, 0.05) is 32.2 Å². The largest absolute Gasteiger partial charge is 0.384 e. The summed E-state index contributed by atoms with van der Waals surface area (Å²) in [6, 6.07) is 7.60. The lowest BCUT2D eigenvalue weighted by molar-refractivity contribution is 0.857. The molecule has 0 aromatic carbocycles. The molecule has 0 aliphatic carbocycles. The van der Waals surface area contributed by atoms with E-state index in [1.807, 2.05) is 30.1 Å². The third-order valence-electron chi connectivity index (χ3n) is 2.92. The summed E-state index contributed by atoms with van der Waals surface area (Å²) in [5, 5.41) is 7.57. The summed E-state index contributed by atoms with van der Waals surface area (Å²) in [5.74, 6) is 0.780. The standard InChI is InChI=1S/C14H17N5/c1-19(10-6-11-4-8-17-9-5-11)14-12(13(15)16)3-2-7-18-14/h2-5,7-9H,6,10H2,1H3,(H3,15,16). The van der Waals surface area contributed by atoms with Crippen molar-refractivity contribution in [1.82, 2.24) is 9.97 Å². The number of nitrogens with two attached hydrogens (primary N) is 1. The van der Waals surface area contributed by atoms with E-state index in [1.165, 1.54) is 5.56 Å². The normalized spacial score (nSPS) is 10.2. The van der Waals surface area contributed by atoms with E-state index >= 15 is 0 Å². The van der Waals surface area contributed by atoms with Gasteiger partial charge >= 0.3 is 0 Å². The maximum absolute atomic E-state index is 7.57. The lowest BCUT2D eigenvalue weighted by Gasteiger charge is -2.20. The van der Waals surface area contributed by atoms with Crippen LogP contribution < -0.4 is 10.6 Å². The first-order chi connectivity index (χ1) is 9.18. The van der Waals surface area contributed by atoms with E-state index in [1.54, 1.807) is 24.7 Å². The SMILES string of the molecule is CN(CCc1ccncc1)c1ncccc1C(=N)N. The van der Waals surface area contributed by atoms with Crippen molar-refractivity contribution in [2.75, 3.05) is 18.5 Å². The molecule has 0 aliphatic heterocycles. The zero-order chi connectivity index (χ0) is 13.7. The Morgan fingerprint density at radius 3 is 2.68 bits per heavy atom. The molecule has 2 rings (SSSR count). The molecule has 0 unspecified atom stereocenters. The van der Waals surface area contributed by atoms with E-state index in [0.29, 0.717) is 5.56 Å². The molecule has 0 radical (unpaired) electrons. The minimum Gasteiger partial charge on any atom is -0.384 e. The number of anilines is 1. The van der Waals surface area contributed by atoms with Crippen LogP contribution in [0.1, 0.15) is 11.1 Å². The molecule has 2 heterocycles. The van der Waals surface area contributed by atoms with Gasteiger partial charge in [-0.1, -0.05) is 0 Å². The Morgan fingerprint density at radius 1 is 1.26 bits per heavy atom. The van der Waals surface area contributed by atoms with Gasteiger partial charge in [-0.25, -0.2) is 4.98 Å². The first kappa shape index (κ1) is 13.0. The summed E-state index contributed by atoms with van der Waals surface area (Å²) in [6.07, 6.45) is 6.19. The molecule has 0 saturated heterocycles.